The van der Waals surface area contributed by atoms with Crippen LogP contribution in [-0.4, -0.2) is 53.1 Å². The van der Waals surface area contributed by atoms with Gasteiger partial charge in [0.15, 0.2) is 16.6 Å². The van der Waals surface area contributed by atoms with E-state index in [1.54, 1.807) is 11.8 Å². The van der Waals surface area contributed by atoms with Crippen LogP contribution in [0, 0.1) is 11.8 Å². The van der Waals surface area contributed by atoms with E-state index in [9.17, 15) is 9.59 Å². The van der Waals surface area contributed by atoms with Crippen molar-refractivity contribution in [2.75, 3.05) is 12.4 Å². The van der Waals surface area contributed by atoms with Crippen LogP contribution >= 0.6 is 11.8 Å². The Kier molecular flexibility index (Phi) is 21.1. The zero-order valence-corrected chi connectivity index (χ0v) is 37.7. The number of thioether (sulfide) groups is 1. The van der Waals surface area contributed by atoms with Crippen molar-refractivity contribution in [3.63, 3.8) is 0 Å². The van der Waals surface area contributed by atoms with Gasteiger partial charge < -0.3 is 18.3 Å². The van der Waals surface area contributed by atoms with Gasteiger partial charge in [-0.05, 0) is 80.0 Å². The van der Waals surface area contributed by atoms with Crippen LogP contribution < -0.4 is 0 Å². The summed E-state index contributed by atoms with van der Waals surface area (Å²) >= 11 is 1.81. The van der Waals surface area contributed by atoms with Crippen molar-refractivity contribution in [3.8, 4) is 0 Å². The normalized spacial score (nSPS) is 18.9. The molecular weight excluding hydrogens is 677 g/mol. The molecule has 1 aliphatic rings. The molecule has 0 fully saturated rings. The van der Waals surface area contributed by atoms with Crippen molar-refractivity contribution in [1.82, 2.24) is 0 Å². The van der Waals surface area contributed by atoms with Crippen LogP contribution in [-0.2, 0) is 27.9 Å². The lowest BCUT2D eigenvalue weighted by atomic mass is 9.96. The minimum absolute atomic E-state index is 0.0106. The highest BCUT2D eigenvalue weighted by Gasteiger charge is 2.45. The lowest BCUT2D eigenvalue weighted by Gasteiger charge is -2.40. The van der Waals surface area contributed by atoms with Gasteiger partial charge >= 0.3 is 11.9 Å². The van der Waals surface area contributed by atoms with Crippen LogP contribution in [0.3, 0.4) is 0 Å². The molecule has 50 heavy (non-hydrogen) atoms. The van der Waals surface area contributed by atoms with Crippen LogP contribution in [0.2, 0.25) is 36.3 Å². The van der Waals surface area contributed by atoms with Crippen LogP contribution in [0.4, 0.5) is 0 Å². The van der Waals surface area contributed by atoms with E-state index < -0.39 is 16.6 Å². The molecule has 0 bridgehead atoms. The Bertz CT molecular complexity index is 1070. The average molecular weight is 755 g/mol. The van der Waals surface area contributed by atoms with Gasteiger partial charge in [0.2, 0.25) is 0 Å². The Morgan fingerprint density at radius 1 is 0.840 bits per heavy atom. The standard InChI is InChI=1S/C41H78O6SSi2/c1-15-18-24-32(4)30-33(46-49(11,12)40(5,6)7)26-27-34-35(47-50(13,14)41(8,9)10)31-36(45-38(43)23-17-3)39(34)48-29-22-20-21-25-37(42)44-28-19-16-2/h26-27,32-35H,15-25,28-31H2,1-14H3/t32-,33-,34+,35-/m1/s1. The molecule has 1 aliphatic carbocycles. The van der Waals surface area contributed by atoms with Crippen molar-refractivity contribution in [2.24, 2.45) is 11.8 Å². The first-order valence-electron chi connectivity index (χ1n) is 19.9. The molecule has 0 radical (unpaired) electrons. The molecule has 0 saturated heterocycles. The fourth-order valence-electron chi connectivity index (χ4n) is 5.47. The summed E-state index contributed by atoms with van der Waals surface area (Å²) in [5, 5.41) is 0.164. The van der Waals surface area contributed by atoms with Gasteiger partial charge in [-0.15, -0.1) is 11.8 Å². The van der Waals surface area contributed by atoms with Crippen molar-refractivity contribution >= 4 is 40.3 Å². The summed E-state index contributed by atoms with van der Waals surface area (Å²) < 4.78 is 25.8. The highest BCUT2D eigenvalue weighted by molar-refractivity contribution is 8.03. The number of hydrogen-bond acceptors (Lipinski definition) is 7. The summed E-state index contributed by atoms with van der Waals surface area (Å²) in [6.07, 6.45) is 16.2. The fourth-order valence-corrected chi connectivity index (χ4v) is 9.38. The molecule has 0 heterocycles. The largest absolute Gasteiger partial charge is 0.466 e. The number of ether oxygens (including phenoxy) is 2. The Balaban J connectivity index is 3.43. The molecule has 0 aromatic carbocycles. The van der Waals surface area contributed by atoms with E-state index >= 15 is 0 Å². The second-order valence-corrected chi connectivity index (χ2v) is 28.3. The number of carbonyl (C=O) groups excluding carboxylic acids is 2. The van der Waals surface area contributed by atoms with Gasteiger partial charge in [0.05, 0.1) is 18.8 Å². The van der Waals surface area contributed by atoms with Crippen molar-refractivity contribution in [3.05, 3.63) is 22.8 Å². The predicted octanol–water partition coefficient (Wildman–Crippen LogP) is 12.8. The Labute approximate surface area is 315 Å². The molecule has 0 unspecified atom stereocenters. The lowest BCUT2D eigenvalue weighted by Crippen LogP contribution is -2.45. The second-order valence-electron chi connectivity index (χ2n) is 17.7. The van der Waals surface area contributed by atoms with Gasteiger partial charge in [-0.25, -0.2) is 0 Å². The van der Waals surface area contributed by atoms with E-state index in [-0.39, 0.29) is 40.1 Å². The zero-order valence-electron chi connectivity index (χ0n) is 34.9. The number of carbonyl (C=O) groups is 2. The summed E-state index contributed by atoms with van der Waals surface area (Å²) in [5.74, 6) is 1.97. The van der Waals surface area contributed by atoms with Gasteiger partial charge in [0, 0.05) is 30.1 Å². The number of hydrogen-bond donors (Lipinski definition) is 0. The van der Waals surface area contributed by atoms with Gasteiger partial charge in [0.1, 0.15) is 5.76 Å². The molecule has 0 amide bonds. The van der Waals surface area contributed by atoms with Crippen LogP contribution in [0.25, 0.3) is 0 Å². The maximum absolute atomic E-state index is 12.9. The third-order valence-corrected chi connectivity index (χ3v) is 21.1. The first kappa shape index (κ1) is 47.1. The van der Waals surface area contributed by atoms with Gasteiger partial charge in [-0.2, -0.15) is 0 Å². The molecule has 292 valence electrons. The SMILES string of the molecule is CCCCOC(=O)CCCCCSC1=C(OC(=O)CCC)C[C@@H](O[Si](C)(C)C(C)(C)C)[C@@H]1C=C[C@H](C[C@H](C)CCCC)O[Si](C)(C)C(C)(C)C. The number of esters is 2. The van der Waals surface area contributed by atoms with Crippen LogP contribution in [0.1, 0.15) is 153 Å². The molecular formula is C41H78O6SSi2. The highest BCUT2D eigenvalue weighted by atomic mass is 32.2. The Morgan fingerprint density at radius 2 is 1.48 bits per heavy atom. The van der Waals surface area contributed by atoms with E-state index in [1.165, 1.54) is 19.3 Å². The van der Waals surface area contributed by atoms with E-state index in [0.29, 0.717) is 31.8 Å². The van der Waals surface area contributed by atoms with E-state index in [0.717, 1.165) is 61.4 Å². The molecule has 0 saturated carbocycles. The van der Waals surface area contributed by atoms with Crippen LogP contribution in [0.15, 0.2) is 22.8 Å². The van der Waals surface area contributed by atoms with E-state index in [1.807, 2.05) is 6.92 Å². The monoisotopic (exact) mass is 755 g/mol. The zero-order chi connectivity index (χ0) is 38.2. The third kappa shape index (κ3) is 16.9. The predicted molar refractivity (Wildman–Crippen MR) is 220 cm³/mol. The summed E-state index contributed by atoms with van der Waals surface area (Å²) in [7, 11) is -4.17. The summed E-state index contributed by atoms with van der Waals surface area (Å²) in [4.78, 5) is 26.1. The van der Waals surface area contributed by atoms with E-state index in [4.69, 9.17) is 18.3 Å². The second kappa shape index (κ2) is 22.4. The molecule has 9 heteroatoms. The smallest absolute Gasteiger partial charge is 0.310 e. The summed E-state index contributed by atoms with van der Waals surface area (Å²) in [5.41, 5.74) is 0. The maximum Gasteiger partial charge on any atom is 0.310 e. The van der Waals surface area contributed by atoms with Gasteiger partial charge in [0.25, 0.3) is 0 Å². The summed E-state index contributed by atoms with van der Waals surface area (Å²) in [6.45, 7) is 32.4. The lowest BCUT2D eigenvalue weighted by molar-refractivity contribution is -0.144. The van der Waals surface area contributed by atoms with E-state index in [2.05, 4.69) is 101 Å². The highest BCUT2D eigenvalue weighted by Crippen LogP contribution is 2.47. The van der Waals surface area contributed by atoms with Crippen molar-refractivity contribution < 1.29 is 27.9 Å². The third-order valence-electron chi connectivity index (χ3n) is 10.8. The number of unbranched alkanes of at least 4 members (excludes halogenated alkanes) is 4. The molecule has 0 aromatic rings. The molecule has 0 N–H and O–H groups in total. The first-order chi connectivity index (χ1) is 23.2. The Hall–Kier alpha value is -0.876. The van der Waals surface area contributed by atoms with Crippen LogP contribution in [0.5, 0.6) is 0 Å². The molecule has 0 aliphatic heterocycles. The number of rotatable bonds is 24. The molecule has 0 aromatic heterocycles. The first-order valence-corrected chi connectivity index (χ1v) is 26.7. The minimum atomic E-state index is -2.14. The topological polar surface area (TPSA) is 71.1 Å². The Morgan fingerprint density at radius 3 is 2.06 bits per heavy atom. The van der Waals surface area contributed by atoms with Crippen molar-refractivity contribution in [1.29, 1.82) is 0 Å². The average Bonchev–Trinajstić information content (AvgIpc) is 3.29. The summed E-state index contributed by atoms with van der Waals surface area (Å²) in [6, 6.07) is 0. The molecule has 6 nitrogen and oxygen atoms in total. The molecule has 4 atom stereocenters. The maximum atomic E-state index is 12.9. The van der Waals surface area contributed by atoms with Gasteiger partial charge in [-0.1, -0.05) is 113 Å². The molecule has 0 spiro atoms. The quantitative estimate of drug-likeness (QED) is 0.0420. The van der Waals surface area contributed by atoms with Crippen molar-refractivity contribution in [2.45, 2.75) is 201 Å². The minimum Gasteiger partial charge on any atom is -0.466 e. The molecule has 1 rings (SSSR count). The van der Waals surface area contributed by atoms with Gasteiger partial charge in [-0.3, -0.25) is 9.59 Å². The fraction of sp³-hybridized carbons (Fsp3) is 0.854.